The van der Waals surface area contributed by atoms with E-state index in [2.05, 4.69) is 15.0 Å². The summed E-state index contributed by atoms with van der Waals surface area (Å²) >= 11 is 7.66. The predicted octanol–water partition coefficient (Wildman–Crippen LogP) is 4.81. The number of hydrogen-bond acceptors (Lipinski definition) is 4. The quantitative estimate of drug-likeness (QED) is 0.733. The van der Waals surface area contributed by atoms with E-state index in [9.17, 15) is 18.0 Å². The third-order valence-corrected chi connectivity index (χ3v) is 5.94. The number of amides is 2. The molecule has 3 rings (SSSR count). The second kappa shape index (κ2) is 8.84. The molecule has 1 fully saturated rings. The van der Waals surface area contributed by atoms with Crippen LogP contribution in [0.3, 0.4) is 0 Å². The minimum Gasteiger partial charge on any atom is -0.370 e. The van der Waals surface area contributed by atoms with E-state index in [0.29, 0.717) is 18.1 Å². The molecule has 1 aromatic heterocycles. The molecule has 0 bridgehead atoms. The normalized spacial score (nSPS) is 17.1. The van der Waals surface area contributed by atoms with Gasteiger partial charge in [-0.3, -0.25) is 0 Å². The zero-order valence-corrected chi connectivity index (χ0v) is 16.8. The van der Waals surface area contributed by atoms with Crippen LogP contribution >= 0.6 is 22.9 Å². The van der Waals surface area contributed by atoms with Crippen LogP contribution in [0.1, 0.15) is 30.7 Å². The van der Waals surface area contributed by atoms with Crippen LogP contribution in [0.2, 0.25) is 5.02 Å². The number of fused-ring (bicyclic) bond motifs is 1. The Bertz CT molecular complexity index is 822. The molecular formula is C18H21ClF3N3O2S. The van der Waals surface area contributed by atoms with Crippen molar-refractivity contribution < 1.29 is 22.7 Å². The van der Waals surface area contributed by atoms with Crippen molar-refractivity contribution in [2.24, 2.45) is 0 Å². The van der Waals surface area contributed by atoms with E-state index in [1.807, 2.05) is 18.2 Å². The number of alkyl halides is 3. The Hall–Kier alpha value is -1.58. The largest absolute Gasteiger partial charge is 0.411 e. The number of ether oxygens (including phenoxy) is 1. The summed E-state index contributed by atoms with van der Waals surface area (Å²) < 4.78 is 42.0. The Kier molecular flexibility index (Phi) is 6.67. The van der Waals surface area contributed by atoms with Crippen LogP contribution in [-0.4, -0.2) is 54.4 Å². The van der Waals surface area contributed by atoms with Gasteiger partial charge in [-0.25, -0.2) is 9.78 Å². The summed E-state index contributed by atoms with van der Waals surface area (Å²) in [6.45, 7) is 1.27. The summed E-state index contributed by atoms with van der Waals surface area (Å²) in [4.78, 5) is 18.7. The summed E-state index contributed by atoms with van der Waals surface area (Å²) in [5.74, 6) is 0.285. The van der Waals surface area contributed by atoms with Gasteiger partial charge in [0.05, 0.1) is 27.9 Å². The van der Waals surface area contributed by atoms with E-state index in [0.717, 1.165) is 28.1 Å². The number of aromatic nitrogens is 1. The molecule has 0 radical (unpaired) electrons. The molecule has 1 aromatic carbocycles. The Labute approximate surface area is 169 Å². The van der Waals surface area contributed by atoms with Crippen LogP contribution in [0.15, 0.2) is 18.2 Å². The molecule has 2 aromatic rings. The van der Waals surface area contributed by atoms with Gasteiger partial charge in [-0.2, -0.15) is 13.2 Å². The third kappa shape index (κ3) is 5.71. The van der Waals surface area contributed by atoms with Gasteiger partial charge in [0.1, 0.15) is 6.61 Å². The molecule has 0 saturated carbocycles. The number of likely N-dealkylation sites (tertiary alicyclic amines) is 1. The zero-order chi connectivity index (χ0) is 20.3. The lowest BCUT2D eigenvalue weighted by Crippen LogP contribution is -2.48. The van der Waals surface area contributed by atoms with Crippen molar-refractivity contribution in [2.45, 2.75) is 37.9 Å². The number of thiazole rings is 1. The van der Waals surface area contributed by atoms with E-state index in [4.69, 9.17) is 11.6 Å². The monoisotopic (exact) mass is 435 g/mol. The molecule has 154 valence electrons. The number of nitrogens with one attached hydrogen (secondary N) is 1. The molecule has 1 aliphatic rings. The zero-order valence-electron chi connectivity index (χ0n) is 15.3. The highest BCUT2D eigenvalue weighted by Gasteiger charge is 2.29. The van der Waals surface area contributed by atoms with Gasteiger partial charge in [0, 0.05) is 24.0 Å². The van der Waals surface area contributed by atoms with Crippen LogP contribution in [0, 0.1) is 0 Å². The fourth-order valence-corrected chi connectivity index (χ4v) is 4.40. The SMILES string of the molecule is CC(COCC(F)(F)F)NC(=O)N1CCC(c2nc3cc(Cl)ccc3s2)CC1. The number of halogens is 4. The summed E-state index contributed by atoms with van der Waals surface area (Å²) in [5, 5.41) is 4.39. The topological polar surface area (TPSA) is 54.5 Å². The van der Waals surface area contributed by atoms with Crippen molar-refractivity contribution in [1.29, 1.82) is 0 Å². The minimum atomic E-state index is -4.36. The highest BCUT2D eigenvalue weighted by molar-refractivity contribution is 7.18. The molecule has 10 heteroatoms. The summed E-state index contributed by atoms with van der Waals surface area (Å²) in [6, 6.07) is 4.88. The highest BCUT2D eigenvalue weighted by Crippen LogP contribution is 2.34. The van der Waals surface area contributed by atoms with Crippen molar-refractivity contribution in [3.63, 3.8) is 0 Å². The predicted molar refractivity (Wildman–Crippen MR) is 103 cm³/mol. The number of benzene rings is 1. The Morgan fingerprint density at radius 2 is 2.14 bits per heavy atom. The number of hydrogen-bond donors (Lipinski definition) is 1. The van der Waals surface area contributed by atoms with Gasteiger partial charge in [0.2, 0.25) is 0 Å². The third-order valence-electron chi connectivity index (χ3n) is 4.50. The van der Waals surface area contributed by atoms with Gasteiger partial charge < -0.3 is 15.0 Å². The maximum absolute atomic E-state index is 12.3. The summed E-state index contributed by atoms with van der Waals surface area (Å²) in [5.41, 5.74) is 0.889. The Morgan fingerprint density at radius 1 is 1.43 bits per heavy atom. The first kappa shape index (κ1) is 21.1. The van der Waals surface area contributed by atoms with Gasteiger partial charge in [-0.15, -0.1) is 11.3 Å². The van der Waals surface area contributed by atoms with Crippen LogP contribution in [0.4, 0.5) is 18.0 Å². The summed E-state index contributed by atoms with van der Waals surface area (Å²) in [6.07, 6.45) is -2.78. The molecule has 28 heavy (non-hydrogen) atoms. The van der Waals surface area contributed by atoms with E-state index >= 15 is 0 Å². The van der Waals surface area contributed by atoms with E-state index in [1.54, 1.807) is 23.2 Å². The molecule has 1 saturated heterocycles. The maximum Gasteiger partial charge on any atom is 0.411 e. The van der Waals surface area contributed by atoms with Gasteiger partial charge in [-0.1, -0.05) is 11.6 Å². The minimum absolute atomic E-state index is 0.185. The molecular weight excluding hydrogens is 415 g/mol. The van der Waals surface area contributed by atoms with Gasteiger partial charge in [-0.05, 0) is 38.0 Å². The standard InChI is InChI=1S/C18H21ClF3N3O2S/c1-11(9-27-10-18(20,21)22)23-17(26)25-6-4-12(5-7-25)16-24-14-8-13(19)2-3-15(14)28-16/h2-3,8,11-12H,4-7,9-10H2,1H3,(H,23,26). The molecule has 1 atom stereocenters. The first-order valence-electron chi connectivity index (χ1n) is 8.97. The molecule has 2 heterocycles. The average Bonchev–Trinajstić information content (AvgIpc) is 3.03. The van der Waals surface area contributed by atoms with E-state index in [1.165, 1.54) is 0 Å². The first-order valence-corrected chi connectivity index (χ1v) is 10.2. The molecule has 2 amide bonds. The molecule has 1 unspecified atom stereocenters. The van der Waals surface area contributed by atoms with Gasteiger partial charge in [0.15, 0.2) is 0 Å². The maximum atomic E-state index is 12.3. The molecule has 1 aliphatic heterocycles. The Balaban J connectivity index is 1.47. The number of rotatable bonds is 5. The average molecular weight is 436 g/mol. The number of carbonyl (C=O) groups is 1. The first-order chi connectivity index (χ1) is 13.2. The van der Waals surface area contributed by atoms with Crippen LogP contribution in [0.5, 0.6) is 0 Å². The van der Waals surface area contributed by atoms with Crippen molar-refractivity contribution in [2.75, 3.05) is 26.3 Å². The second-order valence-electron chi connectivity index (χ2n) is 6.91. The Morgan fingerprint density at radius 3 is 2.82 bits per heavy atom. The second-order valence-corrected chi connectivity index (χ2v) is 8.40. The van der Waals surface area contributed by atoms with Gasteiger partial charge in [0.25, 0.3) is 0 Å². The molecule has 0 spiro atoms. The van der Waals surface area contributed by atoms with E-state index in [-0.39, 0.29) is 18.6 Å². The van der Waals surface area contributed by atoms with Gasteiger partial charge >= 0.3 is 12.2 Å². The number of piperidine rings is 1. The fraction of sp³-hybridized carbons (Fsp3) is 0.556. The van der Waals surface area contributed by atoms with Crippen molar-refractivity contribution in [3.05, 3.63) is 28.2 Å². The van der Waals surface area contributed by atoms with E-state index < -0.39 is 18.8 Å². The number of nitrogens with zero attached hydrogens (tertiary/aromatic N) is 2. The lowest BCUT2D eigenvalue weighted by Gasteiger charge is -2.32. The highest BCUT2D eigenvalue weighted by atomic mass is 35.5. The van der Waals surface area contributed by atoms with Crippen LogP contribution in [-0.2, 0) is 4.74 Å². The van der Waals surface area contributed by atoms with Crippen molar-refractivity contribution in [3.8, 4) is 0 Å². The van der Waals surface area contributed by atoms with Crippen molar-refractivity contribution >= 4 is 39.2 Å². The lowest BCUT2D eigenvalue weighted by atomic mass is 9.98. The molecule has 1 N–H and O–H groups in total. The summed E-state index contributed by atoms with van der Waals surface area (Å²) in [7, 11) is 0. The lowest BCUT2D eigenvalue weighted by molar-refractivity contribution is -0.174. The van der Waals surface area contributed by atoms with Crippen LogP contribution < -0.4 is 5.32 Å². The number of urea groups is 1. The molecule has 5 nitrogen and oxygen atoms in total. The fourth-order valence-electron chi connectivity index (χ4n) is 3.12. The smallest absolute Gasteiger partial charge is 0.370 e. The van der Waals surface area contributed by atoms with Crippen LogP contribution in [0.25, 0.3) is 10.2 Å². The molecule has 0 aliphatic carbocycles. The number of carbonyl (C=O) groups excluding carboxylic acids is 1. The van der Waals surface area contributed by atoms with Crippen molar-refractivity contribution in [1.82, 2.24) is 15.2 Å².